The molecule has 0 N–H and O–H groups in total. The van der Waals surface area contributed by atoms with Gasteiger partial charge < -0.3 is 14.5 Å². The highest BCUT2D eigenvalue weighted by Crippen LogP contribution is 2.17. The third-order valence-corrected chi connectivity index (χ3v) is 3.99. The molecule has 3 rings (SSSR count). The predicted octanol–water partition coefficient (Wildman–Crippen LogP) is 2.19. The number of ether oxygens (including phenoxy) is 1. The molecule has 0 atom stereocenters. The van der Waals surface area contributed by atoms with Crippen molar-refractivity contribution in [1.29, 1.82) is 0 Å². The van der Waals surface area contributed by atoms with Crippen LogP contribution in [0, 0.1) is 0 Å². The van der Waals surface area contributed by atoms with Crippen LogP contribution in [0.4, 0.5) is 5.69 Å². The van der Waals surface area contributed by atoms with E-state index in [2.05, 4.69) is 34.1 Å². The third-order valence-electron chi connectivity index (χ3n) is 3.99. The molecule has 1 aliphatic heterocycles. The summed E-state index contributed by atoms with van der Waals surface area (Å²) >= 11 is 0. The molecular formula is C18H21N3O2. The van der Waals surface area contributed by atoms with Gasteiger partial charge in [-0.25, -0.2) is 0 Å². The van der Waals surface area contributed by atoms with E-state index in [9.17, 15) is 4.79 Å². The van der Waals surface area contributed by atoms with Gasteiger partial charge in [-0.15, -0.1) is 0 Å². The average Bonchev–Trinajstić information content (AvgIpc) is 2.63. The molecule has 1 aromatic carbocycles. The number of pyridine rings is 1. The monoisotopic (exact) mass is 311 g/mol. The minimum atomic E-state index is -0.0182. The van der Waals surface area contributed by atoms with Crippen LogP contribution >= 0.6 is 0 Å². The van der Waals surface area contributed by atoms with Crippen molar-refractivity contribution in [3.8, 4) is 0 Å². The summed E-state index contributed by atoms with van der Waals surface area (Å²) < 4.78 is 5.38. The second kappa shape index (κ2) is 7.24. The Morgan fingerprint density at radius 3 is 2.61 bits per heavy atom. The van der Waals surface area contributed by atoms with Crippen molar-refractivity contribution < 1.29 is 9.53 Å². The summed E-state index contributed by atoms with van der Waals surface area (Å²) in [5.41, 5.74) is 2.93. The maximum absolute atomic E-state index is 12.3. The molecule has 0 saturated carbocycles. The molecule has 1 saturated heterocycles. The molecule has 5 heteroatoms. The van der Waals surface area contributed by atoms with E-state index in [1.165, 1.54) is 5.69 Å². The minimum absolute atomic E-state index is 0.0182. The maximum Gasteiger partial charge on any atom is 0.255 e. The van der Waals surface area contributed by atoms with Crippen LogP contribution in [0.5, 0.6) is 0 Å². The number of rotatable bonds is 4. The summed E-state index contributed by atoms with van der Waals surface area (Å²) in [6, 6.07) is 12.0. The van der Waals surface area contributed by atoms with Crippen molar-refractivity contribution in [2.24, 2.45) is 0 Å². The third kappa shape index (κ3) is 3.87. The standard InChI is InChI=1S/C18H21N3O2/c1-20(18(22)16-3-2-8-19-13-16)14-15-4-6-17(7-5-15)21-9-11-23-12-10-21/h2-8,13H,9-12,14H2,1H3. The van der Waals surface area contributed by atoms with Gasteiger partial charge in [0.05, 0.1) is 18.8 Å². The quantitative estimate of drug-likeness (QED) is 0.868. The highest BCUT2D eigenvalue weighted by molar-refractivity contribution is 5.93. The zero-order valence-corrected chi connectivity index (χ0v) is 13.3. The van der Waals surface area contributed by atoms with Gasteiger partial charge in [-0.05, 0) is 29.8 Å². The van der Waals surface area contributed by atoms with E-state index in [0.717, 1.165) is 31.9 Å². The summed E-state index contributed by atoms with van der Waals surface area (Å²) in [4.78, 5) is 20.3. The number of carbonyl (C=O) groups is 1. The molecular weight excluding hydrogens is 290 g/mol. The van der Waals surface area contributed by atoms with E-state index in [-0.39, 0.29) is 5.91 Å². The molecule has 2 aromatic rings. The van der Waals surface area contributed by atoms with Crippen LogP contribution in [0.25, 0.3) is 0 Å². The zero-order chi connectivity index (χ0) is 16.1. The van der Waals surface area contributed by atoms with E-state index < -0.39 is 0 Å². The largest absolute Gasteiger partial charge is 0.378 e. The van der Waals surface area contributed by atoms with E-state index >= 15 is 0 Å². The Morgan fingerprint density at radius 2 is 1.96 bits per heavy atom. The molecule has 1 amide bonds. The van der Waals surface area contributed by atoms with Crippen molar-refractivity contribution in [3.63, 3.8) is 0 Å². The minimum Gasteiger partial charge on any atom is -0.378 e. The maximum atomic E-state index is 12.3. The average molecular weight is 311 g/mol. The Bertz CT molecular complexity index is 637. The number of carbonyl (C=O) groups excluding carboxylic acids is 1. The lowest BCUT2D eigenvalue weighted by atomic mass is 10.1. The van der Waals surface area contributed by atoms with E-state index in [0.29, 0.717) is 12.1 Å². The second-order valence-corrected chi connectivity index (χ2v) is 5.67. The Morgan fingerprint density at radius 1 is 1.22 bits per heavy atom. The van der Waals surface area contributed by atoms with Gasteiger partial charge in [0.25, 0.3) is 5.91 Å². The number of benzene rings is 1. The zero-order valence-electron chi connectivity index (χ0n) is 13.3. The van der Waals surface area contributed by atoms with Gasteiger partial charge in [0.2, 0.25) is 0 Å². The number of hydrogen-bond acceptors (Lipinski definition) is 4. The molecule has 0 spiro atoms. The lowest BCUT2D eigenvalue weighted by molar-refractivity contribution is 0.0784. The molecule has 1 fully saturated rings. The number of aromatic nitrogens is 1. The number of nitrogens with zero attached hydrogens (tertiary/aromatic N) is 3. The Kier molecular flexibility index (Phi) is 4.88. The lowest BCUT2D eigenvalue weighted by Crippen LogP contribution is -2.36. The summed E-state index contributed by atoms with van der Waals surface area (Å²) in [5.74, 6) is -0.0182. The van der Waals surface area contributed by atoms with Gasteiger partial charge in [0.15, 0.2) is 0 Å². The van der Waals surface area contributed by atoms with E-state index in [4.69, 9.17) is 4.74 Å². The molecule has 23 heavy (non-hydrogen) atoms. The summed E-state index contributed by atoms with van der Waals surface area (Å²) in [7, 11) is 1.81. The molecule has 0 unspecified atom stereocenters. The predicted molar refractivity (Wildman–Crippen MR) is 89.5 cm³/mol. The molecule has 5 nitrogen and oxygen atoms in total. The van der Waals surface area contributed by atoms with Crippen LogP contribution in [0.3, 0.4) is 0 Å². The highest BCUT2D eigenvalue weighted by Gasteiger charge is 2.13. The van der Waals surface area contributed by atoms with Crippen molar-refractivity contribution in [2.45, 2.75) is 6.54 Å². The van der Waals surface area contributed by atoms with Crippen LogP contribution < -0.4 is 4.90 Å². The van der Waals surface area contributed by atoms with Gasteiger partial charge >= 0.3 is 0 Å². The fraction of sp³-hybridized carbons (Fsp3) is 0.333. The summed E-state index contributed by atoms with van der Waals surface area (Å²) in [6.07, 6.45) is 3.27. The summed E-state index contributed by atoms with van der Waals surface area (Å²) in [6.45, 7) is 4.00. The topological polar surface area (TPSA) is 45.7 Å². The van der Waals surface area contributed by atoms with E-state index in [1.807, 2.05) is 7.05 Å². The first-order valence-electron chi connectivity index (χ1n) is 7.81. The van der Waals surface area contributed by atoms with Crippen molar-refractivity contribution in [2.75, 3.05) is 38.3 Å². The van der Waals surface area contributed by atoms with Gasteiger partial charge in [0.1, 0.15) is 0 Å². The number of morpholine rings is 1. The molecule has 0 bridgehead atoms. The van der Waals surface area contributed by atoms with Gasteiger partial charge in [-0.2, -0.15) is 0 Å². The Labute approximate surface area is 136 Å². The Balaban J connectivity index is 1.62. The molecule has 0 radical (unpaired) electrons. The molecule has 1 aliphatic rings. The SMILES string of the molecule is CN(Cc1ccc(N2CCOCC2)cc1)C(=O)c1cccnc1. The molecule has 1 aromatic heterocycles. The number of amides is 1. The lowest BCUT2D eigenvalue weighted by Gasteiger charge is -2.29. The van der Waals surface area contributed by atoms with E-state index in [1.54, 1.807) is 29.4 Å². The second-order valence-electron chi connectivity index (χ2n) is 5.67. The first kappa shape index (κ1) is 15.5. The van der Waals surface area contributed by atoms with Crippen LogP contribution in [-0.2, 0) is 11.3 Å². The first-order valence-corrected chi connectivity index (χ1v) is 7.81. The molecule has 2 heterocycles. The van der Waals surface area contributed by atoms with Crippen molar-refractivity contribution >= 4 is 11.6 Å². The fourth-order valence-electron chi connectivity index (χ4n) is 2.69. The first-order chi connectivity index (χ1) is 11.2. The fourth-order valence-corrected chi connectivity index (χ4v) is 2.69. The van der Waals surface area contributed by atoms with Crippen LogP contribution in [-0.4, -0.2) is 49.1 Å². The van der Waals surface area contributed by atoms with Crippen LogP contribution in [0.15, 0.2) is 48.8 Å². The van der Waals surface area contributed by atoms with Gasteiger partial charge in [-0.1, -0.05) is 12.1 Å². The summed E-state index contributed by atoms with van der Waals surface area (Å²) in [5, 5.41) is 0. The normalized spacial score (nSPS) is 14.6. The van der Waals surface area contributed by atoms with Crippen molar-refractivity contribution in [3.05, 3.63) is 59.9 Å². The highest BCUT2D eigenvalue weighted by atomic mass is 16.5. The van der Waals surface area contributed by atoms with Gasteiger partial charge in [-0.3, -0.25) is 9.78 Å². The van der Waals surface area contributed by atoms with Gasteiger partial charge in [0, 0.05) is 44.8 Å². The number of anilines is 1. The number of hydrogen-bond donors (Lipinski definition) is 0. The van der Waals surface area contributed by atoms with Crippen molar-refractivity contribution in [1.82, 2.24) is 9.88 Å². The van der Waals surface area contributed by atoms with Crippen LogP contribution in [0.2, 0.25) is 0 Å². The van der Waals surface area contributed by atoms with Crippen LogP contribution in [0.1, 0.15) is 15.9 Å². The molecule has 120 valence electrons. The smallest absolute Gasteiger partial charge is 0.255 e. The Hall–Kier alpha value is -2.40. The molecule has 0 aliphatic carbocycles.